The summed E-state index contributed by atoms with van der Waals surface area (Å²) in [7, 11) is 0. The largest absolute Gasteiger partial charge is 0.366 e. The molecule has 0 fully saturated rings. The number of nitrogens with one attached hydrogen (secondary N) is 1. The number of nitrogens with two attached hydrogens (primary N) is 1. The quantitative estimate of drug-likeness (QED) is 0.458. The van der Waals surface area contributed by atoms with Crippen molar-refractivity contribution in [1.29, 1.82) is 0 Å². The molecule has 0 aromatic carbocycles. The molecule has 0 atom stereocenters. The summed E-state index contributed by atoms with van der Waals surface area (Å²) in [5, 5.41) is 2.30. The van der Waals surface area contributed by atoms with Crippen LogP contribution in [0.25, 0.3) is 0 Å². The Balaban J connectivity index is 2.92. The molecule has 4 heteroatoms. The molecule has 3 N–H and O–H groups in total. The van der Waals surface area contributed by atoms with Crippen LogP contribution in [0.15, 0.2) is 23.9 Å². The Labute approximate surface area is 57.4 Å². The van der Waals surface area contributed by atoms with Crippen molar-refractivity contribution in [2.45, 2.75) is 0 Å². The SMILES string of the molecule is C=C1C(=O)NC=C1C(N)=O. The molecular weight excluding hydrogens is 132 g/mol. The first-order valence-electron chi connectivity index (χ1n) is 2.63. The van der Waals surface area contributed by atoms with Crippen LogP contribution < -0.4 is 11.1 Å². The standard InChI is InChI=1S/C6H6N2O2/c1-3-4(5(7)9)2-8-6(3)10/h2H,1H2,(H2,7,9)(H,8,10). The second kappa shape index (κ2) is 1.98. The van der Waals surface area contributed by atoms with Crippen LogP contribution in [0.5, 0.6) is 0 Å². The van der Waals surface area contributed by atoms with Crippen molar-refractivity contribution in [3.05, 3.63) is 23.9 Å². The molecule has 0 aromatic heterocycles. The Kier molecular flexibility index (Phi) is 1.30. The van der Waals surface area contributed by atoms with Crippen LogP contribution in [0.1, 0.15) is 0 Å². The van der Waals surface area contributed by atoms with Gasteiger partial charge in [-0.3, -0.25) is 9.59 Å². The monoisotopic (exact) mass is 138 g/mol. The van der Waals surface area contributed by atoms with Crippen molar-refractivity contribution in [2.24, 2.45) is 5.73 Å². The van der Waals surface area contributed by atoms with E-state index in [-0.39, 0.29) is 17.1 Å². The number of hydrogen-bond donors (Lipinski definition) is 2. The van der Waals surface area contributed by atoms with E-state index >= 15 is 0 Å². The number of amides is 2. The van der Waals surface area contributed by atoms with Crippen molar-refractivity contribution < 1.29 is 9.59 Å². The van der Waals surface area contributed by atoms with E-state index in [2.05, 4.69) is 11.9 Å². The van der Waals surface area contributed by atoms with E-state index in [4.69, 9.17) is 5.73 Å². The van der Waals surface area contributed by atoms with Crippen LogP contribution in [0, 0.1) is 0 Å². The zero-order valence-electron chi connectivity index (χ0n) is 5.18. The molecule has 0 saturated carbocycles. The maximum absolute atomic E-state index is 10.6. The maximum Gasteiger partial charge on any atom is 0.255 e. The van der Waals surface area contributed by atoms with E-state index in [1.54, 1.807) is 0 Å². The van der Waals surface area contributed by atoms with Crippen LogP contribution in [0.3, 0.4) is 0 Å². The number of carbonyl (C=O) groups is 2. The number of hydrogen-bond acceptors (Lipinski definition) is 2. The Bertz CT molecular complexity index is 252. The maximum atomic E-state index is 10.6. The van der Waals surface area contributed by atoms with Gasteiger partial charge in [0.1, 0.15) is 0 Å². The van der Waals surface area contributed by atoms with Gasteiger partial charge in [0.25, 0.3) is 11.8 Å². The first kappa shape index (κ1) is 6.54. The molecule has 1 heterocycles. The molecule has 1 aliphatic rings. The molecule has 0 unspecified atom stereocenters. The molecule has 52 valence electrons. The molecule has 0 spiro atoms. The number of carbonyl (C=O) groups excluding carboxylic acids is 2. The van der Waals surface area contributed by atoms with Crippen molar-refractivity contribution >= 4 is 11.8 Å². The molecule has 2 amide bonds. The van der Waals surface area contributed by atoms with Gasteiger partial charge in [-0.1, -0.05) is 6.58 Å². The van der Waals surface area contributed by atoms with E-state index in [9.17, 15) is 9.59 Å². The smallest absolute Gasteiger partial charge is 0.255 e. The van der Waals surface area contributed by atoms with Gasteiger partial charge in [-0.15, -0.1) is 0 Å². The van der Waals surface area contributed by atoms with Crippen molar-refractivity contribution in [2.75, 3.05) is 0 Å². The van der Waals surface area contributed by atoms with Gasteiger partial charge >= 0.3 is 0 Å². The highest BCUT2D eigenvalue weighted by Crippen LogP contribution is 2.11. The second-order valence-corrected chi connectivity index (χ2v) is 1.87. The molecule has 0 aromatic rings. The molecule has 0 saturated heterocycles. The fourth-order valence-electron chi connectivity index (χ4n) is 0.654. The highest BCUT2D eigenvalue weighted by atomic mass is 16.2. The number of rotatable bonds is 1. The lowest BCUT2D eigenvalue weighted by atomic mass is 10.1. The lowest BCUT2D eigenvalue weighted by Gasteiger charge is -1.91. The van der Waals surface area contributed by atoms with Crippen molar-refractivity contribution in [3.8, 4) is 0 Å². The van der Waals surface area contributed by atoms with Gasteiger partial charge in [-0.05, 0) is 0 Å². The summed E-state index contributed by atoms with van der Waals surface area (Å²) in [6.07, 6.45) is 1.26. The molecule has 0 radical (unpaired) electrons. The summed E-state index contributed by atoms with van der Waals surface area (Å²) in [5.74, 6) is -1.00. The minimum Gasteiger partial charge on any atom is -0.366 e. The average molecular weight is 138 g/mol. The lowest BCUT2D eigenvalue weighted by molar-refractivity contribution is -0.117. The summed E-state index contributed by atoms with van der Waals surface area (Å²) < 4.78 is 0. The first-order valence-corrected chi connectivity index (χ1v) is 2.63. The lowest BCUT2D eigenvalue weighted by Crippen LogP contribution is -2.15. The Morgan fingerprint density at radius 3 is 2.50 bits per heavy atom. The zero-order valence-corrected chi connectivity index (χ0v) is 5.18. The van der Waals surface area contributed by atoms with Gasteiger partial charge < -0.3 is 11.1 Å². The summed E-state index contributed by atoms with van der Waals surface area (Å²) in [5.41, 5.74) is 5.18. The molecule has 1 aliphatic heterocycles. The summed E-state index contributed by atoms with van der Waals surface area (Å²) >= 11 is 0. The predicted molar refractivity (Wildman–Crippen MR) is 34.6 cm³/mol. The molecule has 1 rings (SSSR count). The normalized spacial score (nSPS) is 16.6. The second-order valence-electron chi connectivity index (χ2n) is 1.87. The molecule has 4 nitrogen and oxygen atoms in total. The Hall–Kier alpha value is -1.58. The zero-order chi connectivity index (χ0) is 7.72. The molecule has 10 heavy (non-hydrogen) atoms. The van der Waals surface area contributed by atoms with E-state index < -0.39 is 5.91 Å². The Morgan fingerprint density at radius 2 is 2.30 bits per heavy atom. The summed E-state index contributed by atoms with van der Waals surface area (Å²) in [6, 6.07) is 0. The minimum absolute atomic E-state index is 0.132. The summed E-state index contributed by atoms with van der Waals surface area (Å²) in [4.78, 5) is 21.1. The van der Waals surface area contributed by atoms with Crippen molar-refractivity contribution in [3.63, 3.8) is 0 Å². The highest BCUT2D eigenvalue weighted by molar-refractivity contribution is 6.13. The van der Waals surface area contributed by atoms with Gasteiger partial charge in [-0.25, -0.2) is 0 Å². The molecular formula is C6H6N2O2. The molecule has 0 aliphatic carbocycles. The van der Waals surface area contributed by atoms with Crippen LogP contribution >= 0.6 is 0 Å². The van der Waals surface area contributed by atoms with Crippen LogP contribution in [0.2, 0.25) is 0 Å². The van der Waals surface area contributed by atoms with E-state index in [0.29, 0.717) is 0 Å². The van der Waals surface area contributed by atoms with E-state index in [1.165, 1.54) is 6.20 Å². The van der Waals surface area contributed by atoms with Crippen LogP contribution in [-0.2, 0) is 9.59 Å². The third-order valence-electron chi connectivity index (χ3n) is 1.21. The van der Waals surface area contributed by atoms with E-state index in [0.717, 1.165) is 0 Å². The summed E-state index contributed by atoms with van der Waals surface area (Å²) in [6.45, 7) is 3.36. The first-order chi connectivity index (χ1) is 4.63. The van der Waals surface area contributed by atoms with Crippen molar-refractivity contribution in [1.82, 2.24) is 5.32 Å². The van der Waals surface area contributed by atoms with Gasteiger partial charge in [0.15, 0.2) is 0 Å². The third kappa shape index (κ3) is 0.793. The van der Waals surface area contributed by atoms with Gasteiger partial charge in [-0.2, -0.15) is 0 Å². The number of primary amides is 1. The topological polar surface area (TPSA) is 72.2 Å². The van der Waals surface area contributed by atoms with Crippen LogP contribution in [-0.4, -0.2) is 11.8 Å². The highest BCUT2D eigenvalue weighted by Gasteiger charge is 2.21. The fraction of sp³-hybridized carbons (Fsp3) is 0. The van der Waals surface area contributed by atoms with E-state index in [1.807, 2.05) is 0 Å². The van der Waals surface area contributed by atoms with Gasteiger partial charge in [0, 0.05) is 11.8 Å². The van der Waals surface area contributed by atoms with Gasteiger partial charge in [0.2, 0.25) is 0 Å². The molecule has 0 bridgehead atoms. The fourth-order valence-corrected chi connectivity index (χ4v) is 0.654. The Morgan fingerprint density at radius 1 is 1.70 bits per heavy atom. The van der Waals surface area contributed by atoms with Crippen LogP contribution in [0.4, 0.5) is 0 Å². The van der Waals surface area contributed by atoms with Gasteiger partial charge in [0.05, 0.1) is 5.57 Å². The third-order valence-corrected chi connectivity index (χ3v) is 1.21. The minimum atomic E-state index is -0.636. The average Bonchev–Trinajstić information content (AvgIpc) is 2.14. The predicted octanol–water partition coefficient (Wildman–Crippen LogP) is -0.958.